The van der Waals surface area contributed by atoms with Gasteiger partial charge in [0, 0.05) is 0 Å². The Balaban J connectivity index is 2.16. The van der Waals surface area contributed by atoms with Gasteiger partial charge in [-0.25, -0.2) is 0 Å². The van der Waals surface area contributed by atoms with Gasteiger partial charge >= 0.3 is 0 Å². The van der Waals surface area contributed by atoms with E-state index in [0.29, 0.717) is 0 Å². The van der Waals surface area contributed by atoms with E-state index in [1.54, 1.807) is 0 Å². The van der Waals surface area contributed by atoms with E-state index in [9.17, 15) is 0 Å². The molecular formula is C17H20N2. The van der Waals surface area contributed by atoms with E-state index in [1.807, 2.05) is 24.4 Å². The molecule has 0 spiro atoms. The van der Waals surface area contributed by atoms with Crippen LogP contribution in [0.25, 0.3) is 0 Å². The predicted molar refractivity (Wildman–Crippen MR) is 83.0 cm³/mol. The Kier molecular flexibility index (Phi) is 4.00. The fraction of sp³-hybridized carbons (Fsp3) is 0.235. The highest BCUT2D eigenvalue weighted by Gasteiger charge is 1.99. The van der Waals surface area contributed by atoms with Crippen LogP contribution >= 0.6 is 0 Å². The van der Waals surface area contributed by atoms with Crippen LogP contribution in [0.2, 0.25) is 0 Å². The topological polar surface area (TPSA) is 24.4 Å². The summed E-state index contributed by atoms with van der Waals surface area (Å²) in [6.07, 6.45) is 1.88. The lowest BCUT2D eigenvalue weighted by atomic mass is 10.0. The first kappa shape index (κ1) is 13.3. The number of nitrogens with one attached hydrogen (secondary N) is 1. The van der Waals surface area contributed by atoms with E-state index < -0.39 is 0 Å². The van der Waals surface area contributed by atoms with Crippen LogP contribution in [0.15, 0.2) is 41.5 Å². The summed E-state index contributed by atoms with van der Waals surface area (Å²) in [5.41, 5.74) is 10.3. The summed E-state index contributed by atoms with van der Waals surface area (Å²) in [5.74, 6) is 0. The standard InChI is InChI=1S/C17H20N2/c1-12-7-5-6-8-17(12)19-18-11-16-10-14(3)13(2)9-15(16)4/h5-11,19H,1-4H3/b18-11-. The Morgan fingerprint density at radius 1 is 0.842 bits per heavy atom. The maximum Gasteiger partial charge on any atom is 0.0590 e. The second-order valence-corrected chi connectivity index (χ2v) is 4.98. The summed E-state index contributed by atoms with van der Waals surface area (Å²) in [6.45, 7) is 8.44. The predicted octanol–water partition coefficient (Wildman–Crippen LogP) is 4.37. The molecule has 0 unspecified atom stereocenters. The third-order valence-corrected chi connectivity index (χ3v) is 3.42. The zero-order valence-electron chi connectivity index (χ0n) is 12.0. The number of para-hydroxylation sites is 1. The average Bonchev–Trinajstić information content (AvgIpc) is 2.38. The third kappa shape index (κ3) is 3.22. The van der Waals surface area contributed by atoms with Crippen molar-refractivity contribution in [2.45, 2.75) is 27.7 Å². The van der Waals surface area contributed by atoms with Crippen LogP contribution in [0.3, 0.4) is 0 Å². The van der Waals surface area contributed by atoms with Gasteiger partial charge in [-0.2, -0.15) is 5.10 Å². The van der Waals surface area contributed by atoms with Crippen LogP contribution in [0.5, 0.6) is 0 Å². The van der Waals surface area contributed by atoms with Crippen LogP contribution < -0.4 is 5.43 Å². The van der Waals surface area contributed by atoms with Crippen molar-refractivity contribution in [1.82, 2.24) is 0 Å². The molecule has 0 aromatic heterocycles. The van der Waals surface area contributed by atoms with Gasteiger partial charge in [0.15, 0.2) is 0 Å². The van der Waals surface area contributed by atoms with Gasteiger partial charge in [0.25, 0.3) is 0 Å². The number of aryl methyl sites for hydroxylation is 4. The van der Waals surface area contributed by atoms with E-state index in [2.05, 4.69) is 56.4 Å². The Bertz CT molecular complexity index is 613. The minimum Gasteiger partial charge on any atom is -0.278 e. The summed E-state index contributed by atoms with van der Waals surface area (Å²) < 4.78 is 0. The van der Waals surface area contributed by atoms with E-state index in [1.165, 1.54) is 22.3 Å². The van der Waals surface area contributed by atoms with Crippen LogP contribution in [0.1, 0.15) is 27.8 Å². The zero-order valence-corrected chi connectivity index (χ0v) is 12.0. The first-order valence-corrected chi connectivity index (χ1v) is 6.50. The molecule has 2 heteroatoms. The highest BCUT2D eigenvalue weighted by atomic mass is 15.3. The highest BCUT2D eigenvalue weighted by molar-refractivity contribution is 5.82. The van der Waals surface area contributed by atoms with E-state index in [0.717, 1.165) is 11.3 Å². The number of hydrogen-bond acceptors (Lipinski definition) is 2. The fourth-order valence-corrected chi connectivity index (χ4v) is 1.99. The summed E-state index contributed by atoms with van der Waals surface area (Å²) in [4.78, 5) is 0. The molecule has 2 nitrogen and oxygen atoms in total. The maximum absolute atomic E-state index is 4.33. The molecule has 0 radical (unpaired) electrons. The number of hydrazone groups is 1. The van der Waals surface area contributed by atoms with Crippen molar-refractivity contribution in [2.75, 3.05) is 5.43 Å². The zero-order chi connectivity index (χ0) is 13.8. The van der Waals surface area contributed by atoms with Gasteiger partial charge in [0.05, 0.1) is 11.9 Å². The van der Waals surface area contributed by atoms with Crippen LogP contribution in [-0.2, 0) is 0 Å². The molecule has 2 aromatic carbocycles. The van der Waals surface area contributed by atoms with Crippen LogP contribution in [-0.4, -0.2) is 6.21 Å². The molecule has 19 heavy (non-hydrogen) atoms. The molecule has 2 aromatic rings. The number of nitrogens with zero attached hydrogens (tertiary/aromatic N) is 1. The third-order valence-electron chi connectivity index (χ3n) is 3.42. The van der Waals surface area contributed by atoms with Crippen LogP contribution in [0, 0.1) is 27.7 Å². The molecular weight excluding hydrogens is 232 g/mol. The lowest BCUT2D eigenvalue weighted by Crippen LogP contribution is -1.96. The normalized spacial score (nSPS) is 10.9. The minimum absolute atomic E-state index is 1.04. The molecule has 0 heterocycles. The van der Waals surface area contributed by atoms with Crippen molar-refractivity contribution in [1.29, 1.82) is 0 Å². The molecule has 0 aliphatic rings. The fourth-order valence-electron chi connectivity index (χ4n) is 1.99. The summed E-state index contributed by atoms with van der Waals surface area (Å²) >= 11 is 0. The van der Waals surface area contributed by atoms with Gasteiger partial charge in [-0.1, -0.05) is 24.3 Å². The van der Waals surface area contributed by atoms with Gasteiger partial charge < -0.3 is 0 Å². The second kappa shape index (κ2) is 5.70. The van der Waals surface area contributed by atoms with Gasteiger partial charge in [0.2, 0.25) is 0 Å². The highest BCUT2D eigenvalue weighted by Crippen LogP contribution is 2.15. The minimum atomic E-state index is 1.04. The van der Waals surface area contributed by atoms with Crippen molar-refractivity contribution >= 4 is 11.9 Å². The molecule has 0 atom stereocenters. The first-order valence-electron chi connectivity index (χ1n) is 6.50. The van der Waals surface area contributed by atoms with Crippen molar-refractivity contribution in [3.05, 3.63) is 64.2 Å². The second-order valence-electron chi connectivity index (χ2n) is 4.98. The lowest BCUT2D eigenvalue weighted by Gasteiger charge is -2.06. The molecule has 0 saturated heterocycles. The van der Waals surface area contributed by atoms with Crippen molar-refractivity contribution < 1.29 is 0 Å². The summed E-state index contributed by atoms with van der Waals surface area (Å²) in [5, 5.41) is 4.33. The van der Waals surface area contributed by atoms with Crippen molar-refractivity contribution in [3.8, 4) is 0 Å². The smallest absolute Gasteiger partial charge is 0.0590 e. The molecule has 98 valence electrons. The number of hydrogen-bond donors (Lipinski definition) is 1. The molecule has 0 amide bonds. The Hall–Kier alpha value is -2.09. The SMILES string of the molecule is Cc1cc(C)c(/C=N\Nc2ccccc2C)cc1C. The van der Waals surface area contributed by atoms with Gasteiger partial charge in [0.1, 0.15) is 0 Å². The maximum atomic E-state index is 4.33. The molecule has 0 aliphatic carbocycles. The molecule has 2 rings (SSSR count). The summed E-state index contributed by atoms with van der Waals surface area (Å²) in [6, 6.07) is 12.5. The van der Waals surface area contributed by atoms with Gasteiger partial charge in [-0.05, 0) is 67.6 Å². The Morgan fingerprint density at radius 3 is 2.26 bits per heavy atom. The lowest BCUT2D eigenvalue weighted by molar-refractivity contribution is 1.27. The van der Waals surface area contributed by atoms with E-state index in [-0.39, 0.29) is 0 Å². The molecule has 0 fully saturated rings. The number of rotatable bonds is 3. The quantitative estimate of drug-likeness (QED) is 0.636. The molecule has 0 saturated carbocycles. The molecule has 1 N–H and O–H groups in total. The molecule has 0 bridgehead atoms. The van der Waals surface area contributed by atoms with Crippen molar-refractivity contribution in [2.24, 2.45) is 5.10 Å². The Labute approximate surface area is 115 Å². The molecule has 0 aliphatic heterocycles. The number of anilines is 1. The van der Waals surface area contributed by atoms with Gasteiger partial charge in [-0.15, -0.1) is 0 Å². The average molecular weight is 252 g/mol. The van der Waals surface area contributed by atoms with Crippen LogP contribution in [0.4, 0.5) is 5.69 Å². The van der Waals surface area contributed by atoms with Crippen molar-refractivity contribution in [3.63, 3.8) is 0 Å². The van der Waals surface area contributed by atoms with E-state index >= 15 is 0 Å². The monoisotopic (exact) mass is 252 g/mol. The van der Waals surface area contributed by atoms with E-state index in [4.69, 9.17) is 0 Å². The summed E-state index contributed by atoms with van der Waals surface area (Å²) in [7, 11) is 0. The largest absolute Gasteiger partial charge is 0.278 e. The Morgan fingerprint density at radius 2 is 1.53 bits per heavy atom. The van der Waals surface area contributed by atoms with Gasteiger partial charge in [-0.3, -0.25) is 5.43 Å². The first-order chi connectivity index (χ1) is 9.08. The number of benzene rings is 2.